The van der Waals surface area contributed by atoms with Gasteiger partial charge < -0.3 is 11.1 Å². The third-order valence-electron chi connectivity index (χ3n) is 2.34. The van der Waals surface area contributed by atoms with Gasteiger partial charge in [-0.2, -0.15) is 5.10 Å². The maximum atomic E-state index is 5.62. The molecule has 0 saturated heterocycles. The molecule has 3 N–H and O–H groups in total. The fourth-order valence-electron chi connectivity index (χ4n) is 1.41. The Hall–Kier alpha value is -1.60. The molecule has 0 aliphatic rings. The number of aromatic nitrogens is 3. The Labute approximate surface area is 114 Å². The highest BCUT2D eigenvalue weighted by molar-refractivity contribution is 7.80. The lowest BCUT2D eigenvalue weighted by atomic mass is 10.3. The summed E-state index contributed by atoms with van der Waals surface area (Å²) in [4.78, 5) is 5.89. The van der Waals surface area contributed by atoms with Gasteiger partial charge in [0.2, 0.25) is 0 Å². The molecule has 0 unspecified atom stereocenters. The molecule has 0 amide bonds. The third-order valence-corrected chi connectivity index (χ3v) is 3.70. The number of hydrogen-bond donors (Lipinski definition) is 2. The molecule has 2 aromatic heterocycles. The SMILES string of the molecule is CCc1cnc(CNc2nnccc2C(N)=S)s1. The van der Waals surface area contributed by atoms with Crippen molar-refractivity contribution in [2.45, 2.75) is 19.9 Å². The molecular weight excluding hydrogens is 266 g/mol. The minimum Gasteiger partial charge on any atom is -0.389 e. The molecule has 0 radical (unpaired) electrons. The molecule has 7 heteroatoms. The van der Waals surface area contributed by atoms with E-state index in [1.165, 1.54) is 4.88 Å². The largest absolute Gasteiger partial charge is 0.389 e. The summed E-state index contributed by atoms with van der Waals surface area (Å²) in [7, 11) is 0. The second-order valence-corrected chi connectivity index (χ2v) is 5.22. The first-order valence-electron chi connectivity index (χ1n) is 5.49. The molecule has 2 aromatic rings. The molecule has 0 spiro atoms. The molecule has 2 heterocycles. The van der Waals surface area contributed by atoms with E-state index in [1.54, 1.807) is 23.6 Å². The number of hydrogen-bond acceptors (Lipinski definition) is 6. The Morgan fingerprint density at radius 3 is 3.06 bits per heavy atom. The lowest BCUT2D eigenvalue weighted by molar-refractivity contribution is 0.990. The summed E-state index contributed by atoms with van der Waals surface area (Å²) in [5.74, 6) is 0.596. The van der Waals surface area contributed by atoms with Gasteiger partial charge in [0, 0.05) is 11.1 Å². The molecule has 94 valence electrons. The first-order chi connectivity index (χ1) is 8.70. The second kappa shape index (κ2) is 5.83. The van der Waals surface area contributed by atoms with Crippen LogP contribution in [0.2, 0.25) is 0 Å². The van der Waals surface area contributed by atoms with Crippen LogP contribution < -0.4 is 11.1 Å². The van der Waals surface area contributed by atoms with Gasteiger partial charge in [-0.1, -0.05) is 19.1 Å². The van der Waals surface area contributed by atoms with Crippen LogP contribution in [0.15, 0.2) is 18.5 Å². The summed E-state index contributed by atoms with van der Waals surface area (Å²) in [5, 5.41) is 12.0. The van der Waals surface area contributed by atoms with Gasteiger partial charge in [-0.05, 0) is 12.5 Å². The van der Waals surface area contributed by atoms with Gasteiger partial charge >= 0.3 is 0 Å². The van der Waals surface area contributed by atoms with Gasteiger partial charge in [-0.15, -0.1) is 16.4 Å². The molecule has 0 atom stereocenters. The molecular formula is C11H13N5S2. The Morgan fingerprint density at radius 2 is 2.39 bits per heavy atom. The maximum absolute atomic E-state index is 5.62. The zero-order chi connectivity index (χ0) is 13.0. The van der Waals surface area contributed by atoms with E-state index in [2.05, 4.69) is 27.4 Å². The van der Waals surface area contributed by atoms with Gasteiger partial charge in [-0.25, -0.2) is 4.98 Å². The average molecular weight is 279 g/mol. The summed E-state index contributed by atoms with van der Waals surface area (Å²) in [6.45, 7) is 2.71. The number of aryl methyl sites for hydroxylation is 1. The maximum Gasteiger partial charge on any atom is 0.159 e. The topological polar surface area (TPSA) is 76.7 Å². The highest BCUT2D eigenvalue weighted by Crippen LogP contribution is 2.16. The predicted molar refractivity (Wildman–Crippen MR) is 76.7 cm³/mol. The number of thiazole rings is 1. The van der Waals surface area contributed by atoms with E-state index < -0.39 is 0 Å². The predicted octanol–water partition coefficient (Wildman–Crippen LogP) is 1.74. The van der Waals surface area contributed by atoms with Crippen molar-refractivity contribution in [1.29, 1.82) is 0 Å². The Bertz CT molecular complexity index is 552. The van der Waals surface area contributed by atoms with Crippen LogP contribution >= 0.6 is 23.6 Å². The van der Waals surface area contributed by atoms with Crippen molar-refractivity contribution in [2.24, 2.45) is 5.73 Å². The van der Waals surface area contributed by atoms with Crippen LogP contribution in [-0.4, -0.2) is 20.2 Å². The number of rotatable bonds is 5. The molecule has 5 nitrogen and oxygen atoms in total. The zero-order valence-electron chi connectivity index (χ0n) is 9.88. The second-order valence-electron chi connectivity index (χ2n) is 3.59. The fraction of sp³-hybridized carbons (Fsp3) is 0.273. The third kappa shape index (κ3) is 2.99. The van der Waals surface area contributed by atoms with Crippen LogP contribution in [0.25, 0.3) is 0 Å². The standard InChI is InChI=1S/C11H13N5S2/c1-2-7-5-13-9(18-7)6-14-11-8(10(12)17)3-4-15-16-11/h3-5H,2,6H2,1H3,(H2,12,17)(H,14,16). The van der Waals surface area contributed by atoms with Crippen LogP contribution in [0, 0.1) is 0 Å². The van der Waals surface area contributed by atoms with Crippen molar-refractivity contribution in [1.82, 2.24) is 15.2 Å². The summed E-state index contributed by atoms with van der Waals surface area (Å²) in [6.07, 6.45) is 4.46. The molecule has 18 heavy (non-hydrogen) atoms. The van der Waals surface area contributed by atoms with E-state index in [9.17, 15) is 0 Å². The Morgan fingerprint density at radius 1 is 1.56 bits per heavy atom. The van der Waals surface area contributed by atoms with Crippen LogP contribution in [0.1, 0.15) is 22.4 Å². The lowest BCUT2D eigenvalue weighted by Crippen LogP contribution is -2.14. The number of nitrogens with zero attached hydrogens (tertiary/aromatic N) is 3. The normalized spacial score (nSPS) is 10.3. The van der Waals surface area contributed by atoms with Crippen molar-refractivity contribution in [3.8, 4) is 0 Å². The van der Waals surface area contributed by atoms with Crippen LogP contribution in [0.4, 0.5) is 5.82 Å². The average Bonchev–Trinajstić information content (AvgIpc) is 2.84. The number of thiocarbonyl (C=S) groups is 1. The Balaban J connectivity index is 2.08. The van der Waals surface area contributed by atoms with Crippen LogP contribution in [0.3, 0.4) is 0 Å². The molecule has 0 saturated carbocycles. The minimum absolute atomic E-state index is 0.306. The molecule has 2 rings (SSSR count). The molecule has 0 aliphatic heterocycles. The summed E-state index contributed by atoms with van der Waals surface area (Å²) in [6, 6.07) is 1.75. The smallest absolute Gasteiger partial charge is 0.159 e. The molecule has 0 aromatic carbocycles. The van der Waals surface area contributed by atoms with Crippen LogP contribution in [0.5, 0.6) is 0 Å². The molecule has 0 fully saturated rings. The van der Waals surface area contributed by atoms with Gasteiger partial charge in [0.1, 0.15) is 10.00 Å². The summed E-state index contributed by atoms with van der Waals surface area (Å²) in [5.41, 5.74) is 6.32. The van der Waals surface area contributed by atoms with E-state index in [-0.39, 0.29) is 0 Å². The van der Waals surface area contributed by atoms with Gasteiger partial charge in [0.05, 0.1) is 18.3 Å². The first kappa shape index (κ1) is 12.8. The lowest BCUT2D eigenvalue weighted by Gasteiger charge is -2.06. The first-order valence-corrected chi connectivity index (χ1v) is 6.72. The van der Waals surface area contributed by atoms with E-state index in [1.807, 2.05) is 6.20 Å². The zero-order valence-corrected chi connectivity index (χ0v) is 11.5. The van der Waals surface area contributed by atoms with Crippen molar-refractivity contribution in [3.05, 3.63) is 33.9 Å². The van der Waals surface area contributed by atoms with Gasteiger partial charge in [0.15, 0.2) is 5.82 Å². The fourth-order valence-corrected chi connectivity index (χ4v) is 2.38. The minimum atomic E-state index is 0.306. The highest BCUT2D eigenvalue weighted by Gasteiger charge is 2.07. The quantitative estimate of drug-likeness (QED) is 0.812. The number of anilines is 1. The molecule has 0 bridgehead atoms. The number of nitrogens with two attached hydrogens (primary N) is 1. The van der Waals surface area contributed by atoms with Gasteiger partial charge in [0.25, 0.3) is 0 Å². The van der Waals surface area contributed by atoms with E-state index >= 15 is 0 Å². The number of nitrogens with one attached hydrogen (secondary N) is 1. The summed E-state index contributed by atoms with van der Waals surface area (Å²) < 4.78 is 0. The Kier molecular flexibility index (Phi) is 4.16. The molecule has 0 aliphatic carbocycles. The summed E-state index contributed by atoms with van der Waals surface area (Å²) >= 11 is 6.64. The monoisotopic (exact) mass is 279 g/mol. The van der Waals surface area contributed by atoms with Crippen molar-refractivity contribution in [3.63, 3.8) is 0 Å². The van der Waals surface area contributed by atoms with E-state index in [0.29, 0.717) is 22.9 Å². The van der Waals surface area contributed by atoms with Crippen molar-refractivity contribution in [2.75, 3.05) is 5.32 Å². The van der Waals surface area contributed by atoms with E-state index in [0.717, 1.165) is 11.4 Å². The van der Waals surface area contributed by atoms with E-state index in [4.69, 9.17) is 18.0 Å². The highest BCUT2D eigenvalue weighted by atomic mass is 32.1. The van der Waals surface area contributed by atoms with Crippen LogP contribution in [-0.2, 0) is 13.0 Å². The van der Waals surface area contributed by atoms with Crippen molar-refractivity contribution < 1.29 is 0 Å². The van der Waals surface area contributed by atoms with Gasteiger partial charge in [-0.3, -0.25) is 0 Å². The van der Waals surface area contributed by atoms with Crippen molar-refractivity contribution >= 4 is 34.4 Å².